The smallest absolute Gasteiger partial charge is 0.319 e. The maximum atomic E-state index is 12.3. The Morgan fingerprint density at radius 2 is 1.92 bits per heavy atom. The van der Waals surface area contributed by atoms with Crippen molar-refractivity contribution in [3.63, 3.8) is 0 Å². The minimum Gasteiger partial charge on any atom is -0.508 e. The summed E-state index contributed by atoms with van der Waals surface area (Å²) in [7, 11) is 0. The molecule has 0 aliphatic heterocycles. The molecule has 1 unspecified atom stereocenters. The number of hydrogen-bond donors (Lipinski definition) is 3. The van der Waals surface area contributed by atoms with Crippen molar-refractivity contribution in [3.05, 3.63) is 59.2 Å². The SMILES string of the molecule is CCC(NC(=O)Nc1cccc(O)c1)c1ccc2c(c1)CCCC2. The van der Waals surface area contributed by atoms with E-state index in [-0.39, 0.29) is 17.8 Å². The van der Waals surface area contributed by atoms with Gasteiger partial charge in [0.2, 0.25) is 0 Å². The molecule has 2 aromatic rings. The van der Waals surface area contributed by atoms with E-state index >= 15 is 0 Å². The van der Waals surface area contributed by atoms with Crippen LogP contribution in [0.1, 0.15) is 48.9 Å². The first-order valence-corrected chi connectivity index (χ1v) is 8.64. The Bertz CT molecular complexity index is 727. The van der Waals surface area contributed by atoms with Gasteiger partial charge in [0.05, 0.1) is 6.04 Å². The van der Waals surface area contributed by atoms with E-state index in [2.05, 4.69) is 35.8 Å². The molecular weight excluding hydrogens is 300 g/mol. The fourth-order valence-corrected chi connectivity index (χ4v) is 3.30. The summed E-state index contributed by atoms with van der Waals surface area (Å²) in [5, 5.41) is 15.3. The van der Waals surface area contributed by atoms with E-state index in [0.717, 1.165) is 24.8 Å². The molecule has 0 bridgehead atoms. The van der Waals surface area contributed by atoms with Crippen molar-refractivity contribution in [2.75, 3.05) is 5.32 Å². The lowest BCUT2D eigenvalue weighted by Gasteiger charge is -2.22. The van der Waals surface area contributed by atoms with Crippen LogP contribution in [0.3, 0.4) is 0 Å². The van der Waals surface area contributed by atoms with Gasteiger partial charge in [0, 0.05) is 11.8 Å². The van der Waals surface area contributed by atoms with Crippen LogP contribution in [0.15, 0.2) is 42.5 Å². The van der Waals surface area contributed by atoms with E-state index in [1.165, 1.54) is 30.0 Å². The van der Waals surface area contributed by atoms with Crippen molar-refractivity contribution >= 4 is 11.7 Å². The lowest BCUT2D eigenvalue weighted by atomic mass is 9.89. The normalized spacial score (nSPS) is 14.5. The molecule has 3 N–H and O–H groups in total. The highest BCUT2D eigenvalue weighted by molar-refractivity contribution is 5.89. The van der Waals surface area contributed by atoms with Gasteiger partial charge in [-0.3, -0.25) is 0 Å². The van der Waals surface area contributed by atoms with Gasteiger partial charge < -0.3 is 15.7 Å². The fourth-order valence-electron chi connectivity index (χ4n) is 3.30. The van der Waals surface area contributed by atoms with Gasteiger partial charge in [0.25, 0.3) is 0 Å². The van der Waals surface area contributed by atoms with Crippen molar-refractivity contribution in [1.82, 2.24) is 5.32 Å². The molecule has 1 aliphatic carbocycles. The Morgan fingerprint density at radius 1 is 1.12 bits per heavy atom. The van der Waals surface area contributed by atoms with Gasteiger partial charge in [-0.25, -0.2) is 4.79 Å². The van der Waals surface area contributed by atoms with Crippen LogP contribution in [-0.2, 0) is 12.8 Å². The number of fused-ring (bicyclic) bond motifs is 1. The summed E-state index contributed by atoms with van der Waals surface area (Å²) in [4.78, 5) is 12.3. The quantitative estimate of drug-likeness (QED) is 0.773. The number of nitrogens with one attached hydrogen (secondary N) is 2. The number of carbonyl (C=O) groups is 1. The molecule has 0 saturated heterocycles. The average Bonchev–Trinajstić information content (AvgIpc) is 2.59. The maximum absolute atomic E-state index is 12.3. The van der Waals surface area contributed by atoms with Crippen LogP contribution in [0.2, 0.25) is 0 Å². The van der Waals surface area contributed by atoms with Crippen LogP contribution in [0.5, 0.6) is 5.75 Å². The topological polar surface area (TPSA) is 61.4 Å². The monoisotopic (exact) mass is 324 g/mol. The van der Waals surface area contributed by atoms with E-state index in [4.69, 9.17) is 0 Å². The second kappa shape index (κ2) is 7.39. The van der Waals surface area contributed by atoms with Crippen LogP contribution in [-0.4, -0.2) is 11.1 Å². The Kier molecular flexibility index (Phi) is 5.04. The molecule has 0 radical (unpaired) electrons. The number of anilines is 1. The Labute approximate surface area is 142 Å². The second-order valence-corrected chi connectivity index (χ2v) is 6.34. The van der Waals surface area contributed by atoms with E-state index in [0.29, 0.717) is 5.69 Å². The minimum absolute atomic E-state index is 0.0189. The standard InChI is InChI=1S/C20H24N2O2/c1-2-19(16-11-10-14-6-3-4-7-15(14)12-16)22-20(24)21-17-8-5-9-18(23)13-17/h5,8-13,19,23H,2-4,6-7H2,1H3,(H2,21,22,24). The predicted octanol–water partition coefficient (Wildman–Crippen LogP) is 4.54. The molecule has 0 aromatic heterocycles. The number of amides is 2. The molecular formula is C20H24N2O2. The summed E-state index contributed by atoms with van der Waals surface area (Å²) in [6.07, 6.45) is 5.64. The van der Waals surface area contributed by atoms with Crippen molar-refractivity contribution in [3.8, 4) is 5.75 Å². The summed E-state index contributed by atoms with van der Waals surface area (Å²) in [6.45, 7) is 2.07. The van der Waals surface area contributed by atoms with Gasteiger partial charge in [-0.05, 0) is 60.9 Å². The lowest BCUT2D eigenvalue weighted by molar-refractivity contribution is 0.248. The summed E-state index contributed by atoms with van der Waals surface area (Å²) in [5.74, 6) is 0.134. The summed E-state index contributed by atoms with van der Waals surface area (Å²) < 4.78 is 0. The first-order chi connectivity index (χ1) is 11.7. The highest BCUT2D eigenvalue weighted by atomic mass is 16.3. The summed E-state index contributed by atoms with van der Waals surface area (Å²) in [6, 6.07) is 12.9. The molecule has 126 valence electrons. The van der Waals surface area contributed by atoms with Gasteiger partial charge in [-0.1, -0.05) is 31.2 Å². The third-order valence-electron chi connectivity index (χ3n) is 4.59. The highest BCUT2D eigenvalue weighted by Crippen LogP contribution is 2.26. The number of rotatable bonds is 4. The second-order valence-electron chi connectivity index (χ2n) is 6.34. The number of aromatic hydroxyl groups is 1. The number of phenolic OH excluding ortho intramolecular Hbond substituents is 1. The maximum Gasteiger partial charge on any atom is 0.319 e. The molecule has 2 amide bonds. The number of aryl methyl sites for hydroxylation is 2. The molecule has 0 saturated carbocycles. The predicted molar refractivity (Wildman–Crippen MR) is 96.4 cm³/mol. The summed E-state index contributed by atoms with van der Waals surface area (Å²) >= 11 is 0. The van der Waals surface area contributed by atoms with Crippen molar-refractivity contribution in [2.45, 2.75) is 45.1 Å². The van der Waals surface area contributed by atoms with E-state index in [1.807, 2.05) is 0 Å². The van der Waals surface area contributed by atoms with Gasteiger partial charge >= 0.3 is 6.03 Å². The fraction of sp³-hybridized carbons (Fsp3) is 0.350. The van der Waals surface area contributed by atoms with Crippen LogP contribution in [0.4, 0.5) is 10.5 Å². The number of hydrogen-bond acceptors (Lipinski definition) is 2. The van der Waals surface area contributed by atoms with Gasteiger partial charge in [-0.2, -0.15) is 0 Å². The molecule has 1 atom stereocenters. The van der Waals surface area contributed by atoms with Crippen LogP contribution < -0.4 is 10.6 Å². The largest absolute Gasteiger partial charge is 0.508 e. The number of carbonyl (C=O) groups excluding carboxylic acids is 1. The molecule has 24 heavy (non-hydrogen) atoms. The Balaban J connectivity index is 1.69. The van der Waals surface area contributed by atoms with Crippen molar-refractivity contribution in [1.29, 1.82) is 0 Å². The average molecular weight is 324 g/mol. The molecule has 1 aliphatic rings. The van der Waals surface area contributed by atoms with Gasteiger partial charge in [0.15, 0.2) is 0 Å². The first-order valence-electron chi connectivity index (χ1n) is 8.64. The number of phenols is 1. The van der Waals surface area contributed by atoms with E-state index in [1.54, 1.807) is 18.2 Å². The molecule has 4 heteroatoms. The third-order valence-corrected chi connectivity index (χ3v) is 4.59. The molecule has 2 aromatic carbocycles. The highest BCUT2D eigenvalue weighted by Gasteiger charge is 2.16. The van der Waals surface area contributed by atoms with E-state index in [9.17, 15) is 9.90 Å². The molecule has 4 nitrogen and oxygen atoms in total. The zero-order valence-electron chi connectivity index (χ0n) is 14.0. The molecule has 0 fully saturated rings. The first kappa shape index (κ1) is 16.4. The molecule has 0 spiro atoms. The van der Waals surface area contributed by atoms with Crippen LogP contribution in [0.25, 0.3) is 0 Å². The Hall–Kier alpha value is -2.49. The van der Waals surface area contributed by atoms with Crippen molar-refractivity contribution < 1.29 is 9.90 Å². The molecule has 3 rings (SSSR count). The zero-order valence-corrected chi connectivity index (χ0v) is 14.0. The number of benzene rings is 2. The van der Waals surface area contributed by atoms with Crippen molar-refractivity contribution in [2.24, 2.45) is 0 Å². The van der Waals surface area contributed by atoms with E-state index < -0.39 is 0 Å². The third kappa shape index (κ3) is 3.88. The number of urea groups is 1. The lowest BCUT2D eigenvalue weighted by Crippen LogP contribution is -2.32. The van der Waals surface area contributed by atoms with Crippen LogP contribution in [0, 0.1) is 0 Å². The van der Waals surface area contributed by atoms with Crippen LogP contribution >= 0.6 is 0 Å². The minimum atomic E-state index is -0.259. The zero-order chi connectivity index (χ0) is 16.9. The molecule has 0 heterocycles. The summed E-state index contributed by atoms with van der Waals surface area (Å²) in [5.41, 5.74) is 4.61. The van der Waals surface area contributed by atoms with Gasteiger partial charge in [-0.15, -0.1) is 0 Å². The van der Waals surface area contributed by atoms with Gasteiger partial charge in [0.1, 0.15) is 5.75 Å². The Morgan fingerprint density at radius 3 is 2.67 bits per heavy atom.